The molecule has 2 N–H and O–H groups in total. The van der Waals surface area contributed by atoms with E-state index in [9.17, 15) is 9.90 Å². The third kappa shape index (κ3) is 2.49. The quantitative estimate of drug-likeness (QED) is 0.805. The minimum atomic E-state index is -0.433. The third-order valence-corrected chi connectivity index (χ3v) is 5.49. The summed E-state index contributed by atoms with van der Waals surface area (Å²) in [6.45, 7) is 0.313. The molecule has 0 spiro atoms. The average Bonchev–Trinajstić information content (AvgIpc) is 2.35. The van der Waals surface area contributed by atoms with Crippen LogP contribution in [-0.2, 0) is 4.79 Å². The van der Waals surface area contributed by atoms with Crippen molar-refractivity contribution >= 4 is 5.91 Å². The zero-order chi connectivity index (χ0) is 13.4. The van der Waals surface area contributed by atoms with Crippen LogP contribution in [0.5, 0.6) is 0 Å². The number of hydrogen-bond donors (Lipinski definition) is 2. The Balaban J connectivity index is 1.57. The van der Waals surface area contributed by atoms with Gasteiger partial charge in [0.2, 0.25) is 5.91 Å². The Morgan fingerprint density at radius 1 is 1.21 bits per heavy atom. The number of hydrogen-bond acceptors (Lipinski definition) is 3. The van der Waals surface area contributed by atoms with E-state index in [0.717, 1.165) is 11.8 Å². The highest BCUT2D eigenvalue weighted by molar-refractivity contribution is 5.77. The highest BCUT2D eigenvalue weighted by Crippen LogP contribution is 2.57. The van der Waals surface area contributed by atoms with Crippen LogP contribution in [0.4, 0.5) is 0 Å². The van der Waals surface area contributed by atoms with Crippen molar-refractivity contribution in [2.75, 3.05) is 6.54 Å². The van der Waals surface area contributed by atoms with Crippen LogP contribution in [0.25, 0.3) is 0 Å². The van der Waals surface area contributed by atoms with Crippen LogP contribution in [0.2, 0.25) is 0 Å². The Kier molecular flexibility index (Phi) is 3.49. The van der Waals surface area contributed by atoms with Crippen molar-refractivity contribution < 1.29 is 9.90 Å². The summed E-state index contributed by atoms with van der Waals surface area (Å²) < 4.78 is 0. The first-order valence-electron chi connectivity index (χ1n) is 7.49. The van der Waals surface area contributed by atoms with Gasteiger partial charge in [-0.3, -0.25) is 4.79 Å². The number of rotatable bonds is 4. The molecule has 0 heterocycles. The van der Waals surface area contributed by atoms with Gasteiger partial charge in [0.15, 0.2) is 0 Å². The Hall–Kier alpha value is -1.08. The number of carbonyl (C=O) groups excluding carboxylic acids is 1. The molecule has 19 heavy (non-hydrogen) atoms. The van der Waals surface area contributed by atoms with Gasteiger partial charge >= 0.3 is 0 Å². The summed E-state index contributed by atoms with van der Waals surface area (Å²) in [6, 6.07) is 1.83. The number of nitrogens with zero attached hydrogens (tertiary/aromatic N) is 1. The minimum absolute atomic E-state index is 0.117. The number of amides is 1. The van der Waals surface area contributed by atoms with Crippen LogP contribution < -0.4 is 5.32 Å². The third-order valence-electron chi connectivity index (χ3n) is 5.49. The molecule has 4 nitrogen and oxygen atoms in total. The largest absolute Gasteiger partial charge is 0.391 e. The van der Waals surface area contributed by atoms with Crippen molar-refractivity contribution in [3.05, 3.63) is 0 Å². The summed E-state index contributed by atoms with van der Waals surface area (Å²) in [5.41, 5.74) is 0. The summed E-state index contributed by atoms with van der Waals surface area (Å²) in [5.74, 6) is 3.23. The van der Waals surface area contributed by atoms with Crippen LogP contribution in [0, 0.1) is 40.9 Å². The van der Waals surface area contributed by atoms with Gasteiger partial charge in [0.1, 0.15) is 6.42 Å². The molecule has 0 aliphatic heterocycles. The number of nitrogens with one attached hydrogen (secondary N) is 1. The number of aliphatic hydroxyl groups excluding tert-OH is 1. The smallest absolute Gasteiger partial charge is 0.234 e. The Morgan fingerprint density at radius 2 is 1.79 bits per heavy atom. The van der Waals surface area contributed by atoms with Gasteiger partial charge in [-0.05, 0) is 61.7 Å². The maximum absolute atomic E-state index is 11.3. The van der Waals surface area contributed by atoms with Crippen molar-refractivity contribution in [1.82, 2.24) is 5.32 Å². The standard InChI is InChI=1S/C15H22N2O2/c16-2-1-14(19)17-8-13(18)15-11-4-9-3-10(6-11)7-12(15)5-9/h9-13,15,18H,1,3-8H2,(H,17,19). The first kappa shape index (κ1) is 12.9. The molecule has 4 rings (SSSR count). The molecule has 0 saturated heterocycles. The normalized spacial score (nSPS) is 40.7. The second-order valence-corrected chi connectivity index (χ2v) is 6.71. The molecule has 4 heteroatoms. The predicted octanol–water partition coefficient (Wildman–Crippen LogP) is 1.45. The second-order valence-electron chi connectivity index (χ2n) is 6.71. The summed E-state index contributed by atoms with van der Waals surface area (Å²) in [7, 11) is 0. The molecule has 4 bridgehead atoms. The molecule has 0 aromatic heterocycles. The Labute approximate surface area is 114 Å². The summed E-state index contributed by atoms with van der Waals surface area (Å²) in [4.78, 5) is 11.3. The minimum Gasteiger partial charge on any atom is -0.391 e. The second kappa shape index (κ2) is 5.13. The highest BCUT2D eigenvalue weighted by Gasteiger charge is 2.50. The van der Waals surface area contributed by atoms with Crippen LogP contribution in [0.15, 0.2) is 0 Å². The fraction of sp³-hybridized carbons (Fsp3) is 0.867. The number of carbonyl (C=O) groups is 1. The first-order valence-corrected chi connectivity index (χ1v) is 7.49. The van der Waals surface area contributed by atoms with Crippen molar-refractivity contribution in [2.24, 2.45) is 29.6 Å². The SMILES string of the molecule is N#CCC(=O)NCC(O)C1C2CC3CC(C2)CC1C3. The first-order chi connectivity index (χ1) is 9.17. The maximum atomic E-state index is 11.3. The summed E-state index contributed by atoms with van der Waals surface area (Å²) in [6.07, 6.45) is 5.98. The van der Waals surface area contributed by atoms with Gasteiger partial charge in [0, 0.05) is 6.54 Å². The molecule has 104 valence electrons. The fourth-order valence-electron chi connectivity index (χ4n) is 5.08. The molecule has 0 aromatic carbocycles. The van der Waals surface area contributed by atoms with Crippen molar-refractivity contribution in [2.45, 2.75) is 44.6 Å². The highest BCUT2D eigenvalue weighted by atomic mass is 16.3. The Bertz CT molecular complexity index is 373. The van der Waals surface area contributed by atoms with Gasteiger partial charge in [-0.2, -0.15) is 5.26 Å². The molecule has 0 aromatic rings. The lowest BCUT2D eigenvalue weighted by Gasteiger charge is -2.55. The average molecular weight is 262 g/mol. The van der Waals surface area contributed by atoms with Crippen LogP contribution in [0.3, 0.4) is 0 Å². The molecule has 1 atom stereocenters. The van der Waals surface area contributed by atoms with Crippen molar-refractivity contribution in [3.63, 3.8) is 0 Å². The van der Waals surface area contributed by atoms with Crippen LogP contribution >= 0.6 is 0 Å². The lowest BCUT2D eigenvalue weighted by Crippen LogP contribution is -2.51. The van der Waals surface area contributed by atoms with Crippen molar-refractivity contribution in [3.8, 4) is 6.07 Å². The topological polar surface area (TPSA) is 73.1 Å². The molecular formula is C15H22N2O2. The maximum Gasteiger partial charge on any atom is 0.234 e. The zero-order valence-electron chi connectivity index (χ0n) is 11.2. The molecule has 1 unspecified atom stereocenters. The molecule has 4 aliphatic carbocycles. The zero-order valence-corrected chi connectivity index (χ0v) is 11.2. The molecule has 0 radical (unpaired) electrons. The van der Waals surface area contributed by atoms with Crippen molar-refractivity contribution in [1.29, 1.82) is 5.26 Å². The lowest BCUT2D eigenvalue weighted by atomic mass is 9.51. The monoisotopic (exact) mass is 262 g/mol. The van der Waals surface area contributed by atoms with Gasteiger partial charge in [-0.1, -0.05) is 0 Å². The van der Waals surface area contributed by atoms with E-state index in [2.05, 4.69) is 5.32 Å². The van der Waals surface area contributed by atoms with E-state index in [-0.39, 0.29) is 12.3 Å². The lowest BCUT2D eigenvalue weighted by molar-refractivity contribution is -0.122. The predicted molar refractivity (Wildman–Crippen MR) is 69.8 cm³/mol. The van der Waals surface area contributed by atoms with Crippen LogP contribution in [-0.4, -0.2) is 23.7 Å². The van der Waals surface area contributed by atoms with Gasteiger partial charge < -0.3 is 10.4 Å². The fourth-order valence-corrected chi connectivity index (χ4v) is 5.08. The molecule has 1 amide bonds. The van der Waals surface area contributed by atoms with E-state index in [1.165, 1.54) is 32.1 Å². The van der Waals surface area contributed by atoms with E-state index >= 15 is 0 Å². The summed E-state index contributed by atoms with van der Waals surface area (Å²) in [5, 5.41) is 21.5. The molecule has 4 saturated carbocycles. The van der Waals surface area contributed by atoms with Gasteiger partial charge in [0.05, 0.1) is 12.2 Å². The van der Waals surface area contributed by atoms with E-state index in [1.807, 2.05) is 6.07 Å². The Morgan fingerprint density at radius 3 is 2.32 bits per heavy atom. The summed E-state index contributed by atoms with van der Waals surface area (Å²) >= 11 is 0. The molecule has 4 aliphatic rings. The van der Waals surface area contributed by atoms with E-state index in [0.29, 0.717) is 24.3 Å². The van der Waals surface area contributed by atoms with Gasteiger partial charge in [-0.25, -0.2) is 0 Å². The van der Waals surface area contributed by atoms with Crippen LogP contribution in [0.1, 0.15) is 38.5 Å². The van der Waals surface area contributed by atoms with Gasteiger partial charge in [0.25, 0.3) is 0 Å². The number of aliphatic hydroxyl groups is 1. The van der Waals surface area contributed by atoms with Gasteiger partial charge in [-0.15, -0.1) is 0 Å². The van der Waals surface area contributed by atoms with E-state index < -0.39 is 6.10 Å². The molecule has 4 fully saturated rings. The molecular weight excluding hydrogens is 240 g/mol. The van der Waals surface area contributed by atoms with E-state index in [4.69, 9.17) is 5.26 Å². The number of nitriles is 1. The van der Waals surface area contributed by atoms with E-state index in [1.54, 1.807) is 0 Å².